The lowest BCUT2D eigenvalue weighted by molar-refractivity contribution is -0.129. The number of aliphatic hydroxyl groups excluding tert-OH is 2. The number of rotatable bonds is 3. The van der Waals surface area contributed by atoms with Gasteiger partial charge in [-0.05, 0) is 6.92 Å². The summed E-state index contributed by atoms with van der Waals surface area (Å²) in [5, 5.41) is 17.7. The minimum atomic E-state index is -1.45. The Morgan fingerprint density at radius 2 is 1.67 bits per heavy atom. The van der Waals surface area contributed by atoms with Gasteiger partial charge in [0.25, 0.3) is 0 Å². The van der Waals surface area contributed by atoms with E-state index in [1.54, 1.807) is 0 Å². The maximum Gasteiger partial charge on any atom is 0.161 e. The van der Waals surface area contributed by atoms with Crippen molar-refractivity contribution in [2.45, 2.75) is 33.0 Å². The van der Waals surface area contributed by atoms with E-state index in [0.717, 1.165) is 6.92 Å². The Balaban J connectivity index is 0. The van der Waals surface area contributed by atoms with E-state index in [1.165, 1.54) is 0 Å². The van der Waals surface area contributed by atoms with Gasteiger partial charge in [0, 0.05) is 5.70 Å². The van der Waals surface area contributed by atoms with E-state index in [9.17, 15) is 4.79 Å². The van der Waals surface area contributed by atoms with Crippen molar-refractivity contribution < 1.29 is 15.0 Å². The van der Waals surface area contributed by atoms with Gasteiger partial charge in [-0.2, -0.15) is 0 Å². The summed E-state index contributed by atoms with van der Waals surface area (Å²) in [4.78, 5) is 10.4. The third-order valence-corrected chi connectivity index (χ3v) is 1.10. The summed E-state index contributed by atoms with van der Waals surface area (Å²) in [6.07, 6.45) is -2.80. The van der Waals surface area contributed by atoms with Crippen molar-refractivity contribution in [3.8, 4) is 0 Å². The number of Topliss-reactive ketones (excluding diaryl/α,β-unsaturated/α-hetero) is 1. The fourth-order valence-corrected chi connectivity index (χ4v) is 0.425. The monoisotopic (exact) mass is 175 g/mol. The van der Waals surface area contributed by atoms with Gasteiger partial charge in [0.15, 0.2) is 5.78 Å². The van der Waals surface area contributed by atoms with Gasteiger partial charge in [0.1, 0.15) is 12.2 Å². The molecule has 0 aliphatic carbocycles. The summed E-state index contributed by atoms with van der Waals surface area (Å²) >= 11 is 0. The van der Waals surface area contributed by atoms with E-state index >= 15 is 0 Å². The standard InChI is InChI=1S/C6H11NO3.C2H6/c1-3(7)5(9)6(10)4(2)8;1-2/h5-6,9-10H,1,7H2,2H3;1-2H3/t5-,6-;/m0./s1. The van der Waals surface area contributed by atoms with Crippen LogP contribution in [0, 0.1) is 0 Å². The van der Waals surface area contributed by atoms with Crippen LogP contribution in [0.2, 0.25) is 0 Å². The van der Waals surface area contributed by atoms with E-state index in [-0.39, 0.29) is 5.70 Å². The van der Waals surface area contributed by atoms with E-state index in [1.807, 2.05) is 13.8 Å². The molecule has 0 heterocycles. The Bertz CT molecular complexity index is 138. The molecule has 0 saturated carbocycles. The Hall–Kier alpha value is -0.870. The number of ketones is 1. The molecule has 0 radical (unpaired) electrons. The maximum atomic E-state index is 10.4. The summed E-state index contributed by atoms with van der Waals surface area (Å²) in [5.41, 5.74) is 4.91. The smallest absolute Gasteiger partial charge is 0.161 e. The first-order valence-corrected chi connectivity index (χ1v) is 3.77. The van der Waals surface area contributed by atoms with Crippen LogP contribution in [0.5, 0.6) is 0 Å². The predicted molar refractivity (Wildman–Crippen MR) is 47.4 cm³/mol. The average molecular weight is 175 g/mol. The molecule has 0 fully saturated rings. The zero-order valence-electron chi connectivity index (χ0n) is 7.74. The highest BCUT2D eigenvalue weighted by molar-refractivity contribution is 5.81. The lowest BCUT2D eigenvalue weighted by Gasteiger charge is -2.13. The van der Waals surface area contributed by atoms with Crippen LogP contribution in [0.15, 0.2) is 12.3 Å². The highest BCUT2D eigenvalue weighted by Gasteiger charge is 2.21. The second-order valence-corrected chi connectivity index (χ2v) is 2.08. The van der Waals surface area contributed by atoms with Gasteiger partial charge in [0.05, 0.1) is 0 Å². The van der Waals surface area contributed by atoms with E-state index < -0.39 is 18.0 Å². The molecule has 0 rings (SSSR count). The summed E-state index contributed by atoms with van der Waals surface area (Å²) < 4.78 is 0. The van der Waals surface area contributed by atoms with Gasteiger partial charge in [-0.3, -0.25) is 4.79 Å². The van der Waals surface area contributed by atoms with Gasteiger partial charge in [-0.1, -0.05) is 20.4 Å². The molecular weight excluding hydrogens is 158 g/mol. The van der Waals surface area contributed by atoms with Crippen LogP contribution < -0.4 is 5.73 Å². The summed E-state index contributed by atoms with van der Waals surface area (Å²) in [6.45, 7) is 8.34. The van der Waals surface area contributed by atoms with Gasteiger partial charge in [-0.25, -0.2) is 0 Å². The van der Waals surface area contributed by atoms with Crippen LogP contribution >= 0.6 is 0 Å². The van der Waals surface area contributed by atoms with Crippen LogP contribution in [0.1, 0.15) is 20.8 Å². The second kappa shape index (κ2) is 6.82. The molecule has 0 aliphatic heterocycles. The van der Waals surface area contributed by atoms with Crippen molar-refractivity contribution in [1.29, 1.82) is 0 Å². The fourth-order valence-electron chi connectivity index (χ4n) is 0.425. The maximum absolute atomic E-state index is 10.4. The first-order valence-electron chi connectivity index (χ1n) is 3.77. The molecule has 12 heavy (non-hydrogen) atoms. The fraction of sp³-hybridized carbons (Fsp3) is 0.625. The topological polar surface area (TPSA) is 83.6 Å². The molecule has 0 spiro atoms. The second-order valence-electron chi connectivity index (χ2n) is 2.08. The molecule has 4 heteroatoms. The van der Waals surface area contributed by atoms with Crippen LogP contribution in [-0.2, 0) is 4.79 Å². The molecular formula is C8H17NO3. The van der Waals surface area contributed by atoms with E-state index in [0.29, 0.717) is 0 Å². The van der Waals surface area contributed by atoms with Crippen LogP contribution in [-0.4, -0.2) is 28.2 Å². The van der Waals surface area contributed by atoms with E-state index in [4.69, 9.17) is 15.9 Å². The van der Waals surface area contributed by atoms with Gasteiger partial charge in [0.2, 0.25) is 0 Å². The van der Waals surface area contributed by atoms with Crippen LogP contribution in [0.3, 0.4) is 0 Å². The van der Waals surface area contributed by atoms with Crippen molar-refractivity contribution in [2.75, 3.05) is 0 Å². The zero-order chi connectivity index (χ0) is 10.3. The van der Waals surface area contributed by atoms with Gasteiger partial charge in [-0.15, -0.1) is 0 Å². The number of hydrogen-bond acceptors (Lipinski definition) is 4. The Kier molecular flexibility index (Phi) is 7.78. The number of nitrogens with two attached hydrogens (primary N) is 1. The molecule has 2 atom stereocenters. The molecule has 0 aromatic rings. The summed E-state index contributed by atoms with van der Waals surface area (Å²) in [7, 11) is 0. The Labute approximate surface area is 72.7 Å². The molecule has 0 unspecified atom stereocenters. The van der Waals surface area contributed by atoms with Crippen molar-refractivity contribution in [3.63, 3.8) is 0 Å². The first-order chi connectivity index (χ1) is 5.46. The largest absolute Gasteiger partial charge is 0.400 e. The minimum Gasteiger partial charge on any atom is -0.400 e. The van der Waals surface area contributed by atoms with Gasteiger partial charge < -0.3 is 15.9 Å². The quantitative estimate of drug-likeness (QED) is 0.554. The molecule has 4 nitrogen and oxygen atoms in total. The molecule has 72 valence electrons. The molecule has 0 aromatic carbocycles. The number of carbonyl (C=O) groups excluding carboxylic acids is 1. The van der Waals surface area contributed by atoms with Crippen molar-refractivity contribution in [1.82, 2.24) is 0 Å². The number of hydrogen-bond donors (Lipinski definition) is 3. The zero-order valence-corrected chi connectivity index (χ0v) is 7.74. The molecule has 0 bridgehead atoms. The normalized spacial score (nSPS) is 13.8. The molecule has 0 saturated heterocycles. The van der Waals surface area contributed by atoms with Crippen LogP contribution in [0.25, 0.3) is 0 Å². The third kappa shape index (κ3) is 4.87. The lowest BCUT2D eigenvalue weighted by atomic mass is 10.1. The molecule has 0 aromatic heterocycles. The van der Waals surface area contributed by atoms with Crippen LogP contribution in [0.4, 0.5) is 0 Å². The SMILES string of the molecule is C=C(N)[C@H](O)[C@@H](O)C(C)=O.CC. The number of carbonyl (C=O) groups is 1. The highest BCUT2D eigenvalue weighted by atomic mass is 16.3. The first kappa shape index (κ1) is 13.7. The van der Waals surface area contributed by atoms with Gasteiger partial charge >= 0.3 is 0 Å². The predicted octanol–water partition coefficient (Wildman–Crippen LogP) is -0.204. The van der Waals surface area contributed by atoms with E-state index in [2.05, 4.69) is 6.58 Å². The van der Waals surface area contributed by atoms with Crippen molar-refractivity contribution in [2.24, 2.45) is 5.73 Å². The minimum absolute atomic E-state index is 0.109. The Morgan fingerprint density at radius 3 is 1.75 bits per heavy atom. The van der Waals surface area contributed by atoms with Crippen molar-refractivity contribution >= 4 is 5.78 Å². The lowest BCUT2D eigenvalue weighted by Crippen LogP contribution is -2.35. The molecule has 0 aliphatic rings. The average Bonchev–Trinajstić information content (AvgIpc) is 2.05. The molecule has 4 N–H and O–H groups in total. The summed E-state index contributed by atoms with van der Waals surface area (Å²) in [6, 6.07) is 0. The number of aliphatic hydroxyl groups is 2. The summed E-state index contributed by atoms with van der Waals surface area (Å²) in [5.74, 6) is -0.529. The van der Waals surface area contributed by atoms with Crippen molar-refractivity contribution in [3.05, 3.63) is 12.3 Å². The molecule has 0 amide bonds. The third-order valence-electron chi connectivity index (χ3n) is 1.10. The Morgan fingerprint density at radius 1 is 1.33 bits per heavy atom. The highest BCUT2D eigenvalue weighted by Crippen LogP contribution is 1.99.